The molecule has 2 aliphatic rings. The molecule has 2 N–H and O–H groups in total. The third-order valence-electron chi connectivity index (χ3n) is 4.29. The quantitative estimate of drug-likeness (QED) is 0.847. The molecule has 4 heteroatoms. The molecule has 2 fully saturated rings. The molecule has 1 saturated carbocycles. The van der Waals surface area contributed by atoms with Crippen molar-refractivity contribution in [2.75, 3.05) is 18.0 Å². The number of aromatic amines is 1. The fraction of sp³-hybridized carbons (Fsp3) is 0.500. The molecule has 1 atom stereocenters. The molecule has 1 unspecified atom stereocenters. The third-order valence-corrected chi connectivity index (χ3v) is 4.29. The minimum Gasteiger partial charge on any atom is -0.388 e. The molecule has 1 aliphatic carbocycles. The third kappa shape index (κ3) is 1.52. The summed E-state index contributed by atoms with van der Waals surface area (Å²) in [5.74, 6) is 1.42. The molecule has 1 aromatic heterocycles. The van der Waals surface area contributed by atoms with E-state index in [2.05, 4.69) is 14.9 Å². The number of hydrogen-bond donors (Lipinski definition) is 2. The van der Waals surface area contributed by atoms with Crippen LogP contribution in [0, 0.1) is 5.92 Å². The maximum absolute atomic E-state index is 10.6. The summed E-state index contributed by atoms with van der Waals surface area (Å²) >= 11 is 0. The zero-order valence-corrected chi connectivity index (χ0v) is 10.3. The van der Waals surface area contributed by atoms with E-state index in [1.807, 2.05) is 24.3 Å². The molecule has 2 heterocycles. The maximum Gasteiger partial charge on any atom is 0.203 e. The summed E-state index contributed by atoms with van der Waals surface area (Å²) in [5.41, 5.74) is 1.59. The number of H-pyrrole nitrogens is 1. The number of nitrogens with one attached hydrogen (secondary N) is 1. The van der Waals surface area contributed by atoms with Crippen molar-refractivity contribution in [3.8, 4) is 0 Å². The number of fused-ring (bicyclic) bond motifs is 1. The second-order valence-electron chi connectivity index (χ2n) is 5.63. The smallest absolute Gasteiger partial charge is 0.203 e. The summed E-state index contributed by atoms with van der Waals surface area (Å²) in [7, 11) is 0. The Bertz CT molecular complexity index is 556. The van der Waals surface area contributed by atoms with Gasteiger partial charge in [0.15, 0.2) is 0 Å². The van der Waals surface area contributed by atoms with Crippen molar-refractivity contribution < 1.29 is 5.11 Å². The van der Waals surface area contributed by atoms with Crippen LogP contribution in [0.2, 0.25) is 0 Å². The highest BCUT2D eigenvalue weighted by atomic mass is 16.3. The second kappa shape index (κ2) is 3.48. The van der Waals surface area contributed by atoms with Crippen molar-refractivity contribution >= 4 is 17.0 Å². The van der Waals surface area contributed by atoms with Crippen molar-refractivity contribution in [2.24, 2.45) is 5.92 Å². The number of imidazole rings is 1. The predicted molar refractivity (Wildman–Crippen MR) is 70.6 cm³/mol. The molecular formula is C14H17N3O. The van der Waals surface area contributed by atoms with E-state index in [1.165, 1.54) is 12.8 Å². The topological polar surface area (TPSA) is 52.1 Å². The lowest BCUT2D eigenvalue weighted by Crippen LogP contribution is -2.35. The number of β-amino-alcohol motifs (C(OH)–C–C–N with tert-alkyl or cyclic N) is 1. The molecule has 0 radical (unpaired) electrons. The van der Waals surface area contributed by atoms with Gasteiger partial charge in [-0.05, 0) is 37.3 Å². The molecular weight excluding hydrogens is 226 g/mol. The molecule has 1 aromatic carbocycles. The van der Waals surface area contributed by atoms with Gasteiger partial charge in [0.25, 0.3) is 0 Å². The number of benzene rings is 1. The number of aromatic nitrogens is 2. The van der Waals surface area contributed by atoms with Crippen LogP contribution in [0.3, 0.4) is 0 Å². The zero-order valence-electron chi connectivity index (χ0n) is 10.3. The fourth-order valence-corrected chi connectivity index (χ4v) is 3.04. The first-order valence-corrected chi connectivity index (χ1v) is 6.67. The Labute approximate surface area is 106 Å². The number of anilines is 1. The largest absolute Gasteiger partial charge is 0.388 e. The van der Waals surface area contributed by atoms with E-state index >= 15 is 0 Å². The van der Waals surface area contributed by atoms with Crippen LogP contribution >= 0.6 is 0 Å². The lowest BCUT2D eigenvalue weighted by molar-refractivity contribution is 0.0400. The Kier molecular flexibility index (Phi) is 2.01. The molecule has 0 amide bonds. The fourth-order valence-electron chi connectivity index (χ4n) is 3.04. The van der Waals surface area contributed by atoms with Crippen LogP contribution < -0.4 is 4.90 Å². The van der Waals surface area contributed by atoms with Crippen LogP contribution in [0.15, 0.2) is 24.3 Å². The number of para-hydroxylation sites is 2. The number of aliphatic hydroxyl groups is 1. The summed E-state index contributed by atoms with van der Waals surface area (Å²) in [4.78, 5) is 10.1. The first-order valence-electron chi connectivity index (χ1n) is 6.67. The van der Waals surface area contributed by atoms with Gasteiger partial charge in [0.2, 0.25) is 5.95 Å². The highest BCUT2D eigenvalue weighted by Gasteiger charge is 2.48. The molecule has 18 heavy (non-hydrogen) atoms. The minimum absolute atomic E-state index is 0.473. The average Bonchev–Trinajstić information content (AvgIpc) is 3.03. The maximum atomic E-state index is 10.6. The van der Waals surface area contributed by atoms with Crippen molar-refractivity contribution in [3.63, 3.8) is 0 Å². The Hall–Kier alpha value is -1.55. The normalized spacial score (nSPS) is 28.2. The van der Waals surface area contributed by atoms with Gasteiger partial charge in [-0.15, -0.1) is 0 Å². The van der Waals surface area contributed by atoms with Gasteiger partial charge in [-0.2, -0.15) is 0 Å². The second-order valence-corrected chi connectivity index (χ2v) is 5.63. The minimum atomic E-state index is -0.473. The van der Waals surface area contributed by atoms with Crippen molar-refractivity contribution in [1.29, 1.82) is 0 Å². The first-order chi connectivity index (χ1) is 8.74. The average molecular weight is 243 g/mol. The Morgan fingerprint density at radius 1 is 1.33 bits per heavy atom. The number of nitrogens with zero attached hydrogens (tertiary/aromatic N) is 2. The zero-order chi connectivity index (χ0) is 12.2. The van der Waals surface area contributed by atoms with E-state index in [0.29, 0.717) is 5.92 Å². The monoisotopic (exact) mass is 243 g/mol. The Morgan fingerprint density at radius 3 is 2.94 bits per heavy atom. The molecule has 4 nitrogen and oxygen atoms in total. The lowest BCUT2D eigenvalue weighted by Gasteiger charge is -2.22. The predicted octanol–water partition coefficient (Wildman–Crippen LogP) is 1.91. The molecule has 0 spiro atoms. The van der Waals surface area contributed by atoms with E-state index in [-0.39, 0.29) is 0 Å². The van der Waals surface area contributed by atoms with Gasteiger partial charge in [0.1, 0.15) is 0 Å². The molecule has 4 rings (SSSR count). The summed E-state index contributed by atoms with van der Waals surface area (Å²) in [6, 6.07) is 8.06. The van der Waals surface area contributed by atoms with Crippen molar-refractivity contribution in [1.82, 2.24) is 9.97 Å². The number of hydrogen-bond acceptors (Lipinski definition) is 3. The van der Waals surface area contributed by atoms with Crippen LogP contribution in [0.5, 0.6) is 0 Å². The lowest BCUT2D eigenvalue weighted by atomic mass is 9.97. The first kappa shape index (κ1) is 10.4. The van der Waals surface area contributed by atoms with Crippen LogP contribution in [0.25, 0.3) is 11.0 Å². The van der Waals surface area contributed by atoms with Gasteiger partial charge in [0.05, 0.1) is 16.6 Å². The van der Waals surface area contributed by atoms with Crippen LogP contribution in [-0.2, 0) is 0 Å². The Morgan fingerprint density at radius 2 is 2.17 bits per heavy atom. The van der Waals surface area contributed by atoms with Gasteiger partial charge in [-0.3, -0.25) is 0 Å². The van der Waals surface area contributed by atoms with Gasteiger partial charge in [-0.25, -0.2) is 4.98 Å². The summed E-state index contributed by atoms with van der Waals surface area (Å²) < 4.78 is 0. The summed E-state index contributed by atoms with van der Waals surface area (Å²) in [6.07, 6.45) is 3.24. The highest BCUT2D eigenvalue weighted by Crippen LogP contribution is 2.44. The van der Waals surface area contributed by atoms with Crippen molar-refractivity contribution in [2.45, 2.75) is 24.9 Å². The molecule has 0 bridgehead atoms. The van der Waals surface area contributed by atoms with Crippen LogP contribution in [-0.4, -0.2) is 33.8 Å². The van der Waals surface area contributed by atoms with Crippen LogP contribution in [0.4, 0.5) is 5.95 Å². The summed E-state index contributed by atoms with van der Waals surface area (Å²) in [6.45, 7) is 1.62. The van der Waals surface area contributed by atoms with E-state index < -0.39 is 5.60 Å². The molecule has 94 valence electrons. The number of rotatable bonds is 2. The SMILES string of the molecule is OC1(C2CC2)CCN(c2nc3ccccc3[nH]2)C1. The van der Waals surface area contributed by atoms with Crippen molar-refractivity contribution in [3.05, 3.63) is 24.3 Å². The van der Waals surface area contributed by atoms with Gasteiger partial charge < -0.3 is 15.0 Å². The summed E-state index contributed by atoms with van der Waals surface area (Å²) in [5, 5.41) is 10.6. The van der Waals surface area contributed by atoms with E-state index in [9.17, 15) is 5.11 Å². The molecule has 1 aliphatic heterocycles. The molecule has 2 aromatic rings. The van der Waals surface area contributed by atoms with Gasteiger partial charge >= 0.3 is 0 Å². The van der Waals surface area contributed by atoms with E-state index in [0.717, 1.165) is 36.5 Å². The van der Waals surface area contributed by atoms with E-state index in [4.69, 9.17) is 0 Å². The highest BCUT2D eigenvalue weighted by molar-refractivity contribution is 5.77. The van der Waals surface area contributed by atoms with Gasteiger partial charge in [0, 0.05) is 13.1 Å². The van der Waals surface area contributed by atoms with Crippen LogP contribution in [0.1, 0.15) is 19.3 Å². The molecule has 1 saturated heterocycles. The Balaban J connectivity index is 1.63. The van der Waals surface area contributed by atoms with E-state index in [1.54, 1.807) is 0 Å². The van der Waals surface area contributed by atoms with Gasteiger partial charge in [-0.1, -0.05) is 12.1 Å². The standard InChI is InChI=1S/C14H17N3O/c18-14(10-5-6-10)7-8-17(9-14)13-15-11-3-1-2-4-12(11)16-13/h1-4,10,18H,5-9H2,(H,15,16).